The molecule has 4 nitrogen and oxygen atoms in total. The molecule has 0 saturated carbocycles. The maximum Gasteiger partial charge on any atom is 0.137 e. The second-order valence-electron chi connectivity index (χ2n) is 4.67. The second kappa shape index (κ2) is 6.57. The van der Waals surface area contributed by atoms with Gasteiger partial charge in [-0.25, -0.2) is 9.67 Å². The summed E-state index contributed by atoms with van der Waals surface area (Å²) in [6, 6.07) is 5.48. The predicted molar refractivity (Wildman–Crippen MR) is 80.1 cm³/mol. The molecule has 0 aliphatic carbocycles. The molecule has 0 spiro atoms. The predicted octanol–water partition coefficient (Wildman–Crippen LogP) is 3.93. The van der Waals surface area contributed by atoms with E-state index in [0.717, 1.165) is 18.4 Å². The van der Waals surface area contributed by atoms with Crippen LogP contribution in [0.5, 0.6) is 0 Å². The summed E-state index contributed by atoms with van der Waals surface area (Å²) in [5.74, 6) is 0. The van der Waals surface area contributed by atoms with Crippen molar-refractivity contribution < 1.29 is 4.74 Å². The van der Waals surface area contributed by atoms with Gasteiger partial charge in [-0.3, -0.25) is 0 Å². The number of nitrogens with zero attached hydrogens (tertiary/aromatic N) is 3. The summed E-state index contributed by atoms with van der Waals surface area (Å²) >= 11 is 12.3. The molecule has 1 aromatic heterocycles. The highest BCUT2D eigenvalue weighted by molar-refractivity contribution is 6.35. The first-order valence-corrected chi connectivity index (χ1v) is 7.20. The van der Waals surface area contributed by atoms with Gasteiger partial charge in [-0.1, -0.05) is 42.6 Å². The standard InChI is InChI=1S/C14H17Cl2N3O/c1-3-6-14(20-2,8-19-10-17-9-18-19)12-5-4-11(15)7-13(12)16/h4-5,7,9-10H,3,6,8H2,1-2H3. The summed E-state index contributed by atoms with van der Waals surface area (Å²) in [7, 11) is 1.69. The Morgan fingerprint density at radius 1 is 1.35 bits per heavy atom. The quantitative estimate of drug-likeness (QED) is 0.811. The Bertz CT molecular complexity index is 560. The van der Waals surface area contributed by atoms with Crippen molar-refractivity contribution >= 4 is 23.2 Å². The topological polar surface area (TPSA) is 39.9 Å². The lowest BCUT2D eigenvalue weighted by Crippen LogP contribution is -2.34. The van der Waals surface area contributed by atoms with E-state index in [9.17, 15) is 0 Å². The van der Waals surface area contributed by atoms with Crippen LogP contribution in [0.25, 0.3) is 0 Å². The molecule has 0 saturated heterocycles. The number of halogens is 2. The third-order valence-corrected chi connectivity index (χ3v) is 3.90. The molecule has 1 unspecified atom stereocenters. The molecule has 1 heterocycles. The maximum atomic E-state index is 6.36. The molecular formula is C14H17Cl2N3O. The fourth-order valence-corrected chi connectivity index (χ4v) is 3.00. The minimum absolute atomic E-state index is 0.538. The lowest BCUT2D eigenvalue weighted by atomic mass is 9.88. The van der Waals surface area contributed by atoms with E-state index in [1.54, 1.807) is 24.2 Å². The molecule has 0 radical (unpaired) electrons. The molecule has 1 aromatic carbocycles. The molecule has 0 aliphatic rings. The molecule has 1 atom stereocenters. The normalized spacial score (nSPS) is 14.2. The van der Waals surface area contributed by atoms with Gasteiger partial charge in [0.1, 0.15) is 18.3 Å². The monoisotopic (exact) mass is 313 g/mol. The number of aromatic nitrogens is 3. The van der Waals surface area contributed by atoms with Crippen molar-refractivity contribution in [1.82, 2.24) is 14.8 Å². The van der Waals surface area contributed by atoms with E-state index in [-0.39, 0.29) is 0 Å². The molecule has 0 N–H and O–H groups in total. The highest BCUT2D eigenvalue weighted by Crippen LogP contribution is 2.37. The van der Waals surface area contributed by atoms with Crippen LogP contribution in [-0.2, 0) is 16.9 Å². The molecule has 20 heavy (non-hydrogen) atoms. The molecule has 2 rings (SSSR count). The molecule has 0 aliphatic heterocycles. The minimum atomic E-state index is -0.538. The van der Waals surface area contributed by atoms with Crippen molar-refractivity contribution in [2.75, 3.05) is 7.11 Å². The second-order valence-corrected chi connectivity index (χ2v) is 5.51. The lowest BCUT2D eigenvalue weighted by molar-refractivity contribution is -0.0397. The van der Waals surface area contributed by atoms with Crippen LogP contribution < -0.4 is 0 Å². The number of benzene rings is 1. The van der Waals surface area contributed by atoms with Crippen LogP contribution in [0.2, 0.25) is 10.0 Å². The Hall–Kier alpha value is -1.10. The summed E-state index contributed by atoms with van der Waals surface area (Å²) in [4.78, 5) is 3.97. The van der Waals surface area contributed by atoms with E-state index in [1.165, 1.54) is 6.33 Å². The first-order chi connectivity index (χ1) is 9.61. The molecule has 2 aromatic rings. The van der Waals surface area contributed by atoms with Crippen molar-refractivity contribution in [3.63, 3.8) is 0 Å². The SMILES string of the molecule is CCCC(Cn1cncn1)(OC)c1ccc(Cl)cc1Cl. The van der Waals surface area contributed by atoms with Gasteiger partial charge in [0, 0.05) is 22.7 Å². The van der Waals surface area contributed by atoms with Crippen LogP contribution in [0.15, 0.2) is 30.9 Å². The molecule has 0 amide bonds. The van der Waals surface area contributed by atoms with Gasteiger partial charge < -0.3 is 4.74 Å². The zero-order valence-electron chi connectivity index (χ0n) is 11.5. The van der Waals surface area contributed by atoms with Crippen molar-refractivity contribution in [3.8, 4) is 0 Å². The smallest absolute Gasteiger partial charge is 0.137 e. The zero-order valence-corrected chi connectivity index (χ0v) is 13.0. The Kier molecular flexibility index (Phi) is 5.02. The van der Waals surface area contributed by atoms with Crippen LogP contribution in [0.1, 0.15) is 25.3 Å². The van der Waals surface area contributed by atoms with Crippen molar-refractivity contribution in [2.24, 2.45) is 0 Å². The summed E-state index contributed by atoms with van der Waals surface area (Å²) in [6.45, 7) is 2.66. The van der Waals surface area contributed by atoms with Crippen molar-refractivity contribution in [1.29, 1.82) is 0 Å². The Balaban J connectivity index is 2.44. The molecule has 0 fully saturated rings. The van der Waals surface area contributed by atoms with Crippen LogP contribution in [-0.4, -0.2) is 21.9 Å². The molecule has 0 bridgehead atoms. The maximum absolute atomic E-state index is 6.36. The van der Waals surface area contributed by atoms with Crippen molar-refractivity contribution in [3.05, 3.63) is 46.5 Å². The third-order valence-electron chi connectivity index (χ3n) is 3.35. The average molecular weight is 314 g/mol. The van der Waals surface area contributed by atoms with Crippen LogP contribution in [0.3, 0.4) is 0 Å². The number of rotatable bonds is 6. The van der Waals surface area contributed by atoms with Gasteiger partial charge in [0.15, 0.2) is 0 Å². The minimum Gasteiger partial charge on any atom is -0.372 e. The van der Waals surface area contributed by atoms with Gasteiger partial charge in [-0.15, -0.1) is 0 Å². The van der Waals surface area contributed by atoms with E-state index in [0.29, 0.717) is 16.6 Å². The Morgan fingerprint density at radius 3 is 2.70 bits per heavy atom. The van der Waals surface area contributed by atoms with Crippen molar-refractivity contribution in [2.45, 2.75) is 31.9 Å². The van der Waals surface area contributed by atoms with E-state index in [2.05, 4.69) is 17.0 Å². The van der Waals surface area contributed by atoms with Gasteiger partial charge in [-0.2, -0.15) is 5.10 Å². The third kappa shape index (κ3) is 3.14. The number of methoxy groups -OCH3 is 1. The highest BCUT2D eigenvalue weighted by Gasteiger charge is 2.34. The summed E-state index contributed by atoms with van der Waals surface area (Å²) in [5.41, 5.74) is 0.382. The molecule has 6 heteroatoms. The number of ether oxygens (including phenoxy) is 1. The van der Waals surface area contributed by atoms with Gasteiger partial charge in [0.2, 0.25) is 0 Å². The van der Waals surface area contributed by atoms with E-state index in [4.69, 9.17) is 27.9 Å². The fourth-order valence-electron chi connectivity index (χ4n) is 2.41. The first kappa shape index (κ1) is 15.3. The molecule has 108 valence electrons. The molecular weight excluding hydrogens is 297 g/mol. The van der Waals surface area contributed by atoms with E-state index < -0.39 is 5.60 Å². The van der Waals surface area contributed by atoms with Crippen LogP contribution in [0, 0.1) is 0 Å². The number of hydrogen-bond donors (Lipinski definition) is 0. The largest absolute Gasteiger partial charge is 0.372 e. The summed E-state index contributed by atoms with van der Waals surface area (Å²) in [6.07, 6.45) is 4.97. The summed E-state index contributed by atoms with van der Waals surface area (Å²) < 4.78 is 7.60. The highest BCUT2D eigenvalue weighted by atomic mass is 35.5. The van der Waals surface area contributed by atoms with Crippen LogP contribution in [0.4, 0.5) is 0 Å². The fraction of sp³-hybridized carbons (Fsp3) is 0.429. The zero-order chi connectivity index (χ0) is 14.6. The Morgan fingerprint density at radius 2 is 2.15 bits per heavy atom. The lowest BCUT2D eigenvalue weighted by Gasteiger charge is -2.33. The van der Waals surface area contributed by atoms with E-state index in [1.807, 2.05) is 12.1 Å². The van der Waals surface area contributed by atoms with Gasteiger partial charge >= 0.3 is 0 Å². The summed E-state index contributed by atoms with van der Waals surface area (Å²) in [5, 5.41) is 5.38. The van der Waals surface area contributed by atoms with Gasteiger partial charge in [0.05, 0.1) is 6.54 Å². The first-order valence-electron chi connectivity index (χ1n) is 6.44. The Labute approximate surface area is 128 Å². The van der Waals surface area contributed by atoms with E-state index >= 15 is 0 Å². The van der Waals surface area contributed by atoms with Crippen LogP contribution >= 0.6 is 23.2 Å². The van der Waals surface area contributed by atoms with Gasteiger partial charge in [0.25, 0.3) is 0 Å². The van der Waals surface area contributed by atoms with Gasteiger partial charge in [-0.05, 0) is 18.6 Å². The number of hydrogen-bond acceptors (Lipinski definition) is 3. The average Bonchev–Trinajstić information content (AvgIpc) is 2.91.